The van der Waals surface area contributed by atoms with E-state index in [1.165, 1.54) is 141 Å². The van der Waals surface area contributed by atoms with Crippen LogP contribution in [0.4, 0.5) is 0 Å². The van der Waals surface area contributed by atoms with Crippen LogP contribution in [-0.2, 0) is 32.7 Å². The minimum absolute atomic E-state index is 0.198. The summed E-state index contributed by atoms with van der Waals surface area (Å²) in [7, 11) is -4.62. The van der Waals surface area contributed by atoms with E-state index in [2.05, 4.69) is 13.8 Å². The Balaban J connectivity index is 3.83. The molecular formula is C42H83O10P. The van der Waals surface area contributed by atoms with Crippen molar-refractivity contribution >= 4 is 19.8 Å². The van der Waals surface area contributed by atoms with Gasteiger partial charge < -0.3 is 24.6 Å². The Kier molecular flexibility index (Phi) is 38.5. The number of carbonyl (C=O) groups is 2. The molecular weight excluding hydrogens is 695 g/mol. The second-order valence-electron chi connectivity index (χ2n) is 15.0. The van der Waals surface area contributed by atoms with Crippen molar-refractivity contribution in [2.45, 2.75) is 232 Å². The van der Waals surface area contributed by atoms with Crippen LogP contribution in [0.1, 0.15) is 219 Å². The van der Waals surface area contributed by atoms with Crippen LogP contribution in [0.2, 0.25) is 0 Å². The van der Waals surface area contributed by atoms with E-state index in [1.807, 2.05) is 0 Å². The van der Waals surface area contributed by atoms with E-state index < -0.39 is 58.4 Å². The third-order valence-corrected chi connectivity index (χ3v) is 10.8. The second kappa shape index (κ2) is 39.2. The molecule has 0 rings (SSSR count). The van der Waals surface area contributed by atoms with Crippen LogP contribution in [0.5, 0.6) is 0 Å². The van der Waals surface area contributed by atoms with Gasteiger partial charge >= 0.3 is 19.8 Å². The van der Waals surface area contributed by atoms with Gasteiger partial charge in [-0.1, -0.05) is 194 Å². The number of esters is 2. The standard InChI is InChI=1S/C42H83O10P/c1-3-5-7-9-11-13-15-16-17-18-19-20-21-22-23-24-26-28-30-32-34-42(46)52-40(36-44)38-50-53(47,48)49-37-39(35-43)51-41(45)33-31-29-27-25-14-12-10-8-6-4-2/h39-40,43-44H,3-38H2,1-2H3,(H,47,48). The molecule has 0 aliphatic carbocycles. The monoisotopic (exact) mass is 779 g/mol. The summed E-state index contributed by atoms with van der Waals surface area (Å²) < 4.78 is 32.5. The molecule has 0 aromatic rings. The summed E-state index contributed by atoms with van der Waals surface area (Å²) >= 11 is 0. The summed E-state index contributed by atoms with van der Waals surface area (Å²) in [5, 5.41) is 19.1. The van der Waals surface area contributed by atoms with E-state index in [0.717, 1.165) is 38.5 Å². The summed E-state index contributed by atoms with van der Waals surface area (Å²) in [5.41, 5.74) is 0. The summed E-state index contributed by atoms with van der Waals surface area (Å²) in [4.78, 5) is 34.4. The molecule has 11 heteroatoms. The van der Waals surface area contributed by atoms with Crippen LogP contribution in [0.15, 0.2) is 0 Å². The zero-order valence-electron chi connectivity index (χ0n) is 34.3. The normalized spacial score (nSPS) is 13.8. The van der Waals surface area contributed by atoms with E-state index in [9.17, 15) is 29.3 Å². The van der Waals surface area contributed by atoms with Crippen molar-refractivity contribution in [3.63, 3.8) is 0 Å². The highest BCUT2D eigenvalue weighted by molar-refractivity contribution is 7.47. The van der Waals surface area contributed by atoms with E-state index >= 15 is 0 Å². The summed E-state index contributed by atoms with van der Waals surface area (Å²) in [6.07, 6.45) is 35.2. The molecule has 0 spiro atoms. The van der Waals surface area contributed by atoms with Crippen molar-refractivity contribution < 1.29 is 47.8 Å². The smallest absolute Gasteiger partial charge is 0.457 e. The molecule has 10 nitrogen and oxygen atoms in total. The average Bonchev–Trinajstić information content (AvgIpc) is 3.14. The molecule has 0 saturated carbocycles. The number of unbranched alkanes of at least 4 members (excludes halogenated alkanes) is 28. The molecule has 0 aliphatic heterocycles. The van der Waals surface area contributed by atoms with Crippen molar-refractivity contribution in [1.82, 2.24) is 0 Å². The van der Waals surface area contributed by atoms with Gasteiger partial charge in [0.05, 0.1) is 26.4 Å². The third-order valence-electron chi connectivity index (χ3n) is 9.82. The Labute approximate surface area is 324 Å². The van der Waals surface area contributed by atoms with Crippen LogP contribution >= 0.6 is 7.82 Å². The Bertz CT molecular complexity index is 858. The molecule has 3 atom stereocenters. The van der Waals surface area contributed by atoms with Gasteiger partial charge in [-0.2, -0.15) is 0 Å². The van der Waals surface area contributed by atoms with Crippen molar-refractivity contribution in [2.75, 3.05) is 26.4 Å². The summed E-state index contributed by atoms with van der Waals surface area (Å²) in [5.74, 6) is -1.01. The molecule has 316 valence electrons. The molecule has 0 saturated heterocycles. The van der Waals surface area contributed by atoms with Gasteiger partial charge in [0, 0.05) is 12.8 Å². The maximum atomic E-state index is 12.3. The summed E-state index contributed by atoms with van der Waals surface area (Å²) in [6.45, 7) is 2.22. The first-order valence-electron chi connectivity index (χ1n) is 22.0. The summed E-state index contributed by atoms with van der Waals surface area (Å²) in [6, 6.07) is 0. The number of aliphatic hydroxyl groups excluding tert-OH is 2. The van der Waals surface area contributed by atoms with Crippen molar-refractivity contribution in [3.05, 3.63) is 0 Å². The lowest BCUT2D eigenvalue weighted by Gasteiger charge is -2.20. The molecule has 0 aromatic carbocycles. The van der Waals surface area contributed by atoms with Gasteiger partial charge in [-0.3, -0.25) is 18.6 Å². The lowest BCUT2D eigenvalue weighted by atomic mass is 10.0. The van der Waals surface area contributed by atoms with Gasteiger partial charge in [0.1, 0.15) is 12.2 Å². The highest BCUT2D eigenvalue weighted by Gasteiger charge is 2.27. The van der Waals surface area contributed by atoms with Crippen molar-refractivity contribution in [1.29, 1.82) is 0 Å². The molecule has 0 radical (unpaired) electrons. The molecule has 0 bridgehead atoms. The molecule has 0 aliphatic rings. The lowest BCUT2D eigenvalue weighted by molar-refractivity contribution is -0.153. The van der Waals surface area contributed by atoms with Crippen molar-refractivity contribution in [3.8, 4) is 0 Å². The maximum absolute atomic E-state index is 12.3. The molecule has 0 aromatic heterocycles. The van der Waals surface area contributed by atoms with Gasteiger partial charge in [-0.05, 0) is 12.8 Å². The van der Waals surface area contributed by atoms with Crippen LogP contribution in [0, 0.1) is 0 Å². The number of aliphatic hydroxyl groups is 2. The third kappa shape index (κ3) is 37.7. The van der Waals surface area contributed by atoms with Gasteiger partial charge in [-0.15, -0.1) is 0 Å². The number of ether oxygens (including phenoxy) is 2. The molecule has 53 heavy (non-hydrogen) atoms. The SMILES string of the molecule is CCCCCCCCCCCCCCCCCCCCCCC(=O)OC(CO)COP(=O)(O)OCC(CO)OC(=O)CCCCCCCCCCCC. The number of phosphoric ester groups is 1. The van der Waals surface area contributed by atoms with Gasteiger partial charge in [0.25, 0.3) is 0 Å². The number of hydrogen-bond donors (Lipinski definition) is 3. The van der Waals surface area contributed by atoms with E-state index in [-0.39, 0.29) is 12.8 Å². The zero-order chi connectivity index (χ0) is 39.1. The first kappa shape index (κ1) is 52.0. The Morgan fingerprint density at radius 3 is 0.887 bits per heavy atom. The molecule has 3 N–H and O–H groups in total. The second-order valence-corrected chi connectivity index (χ2v) is 16.5. The Morgan fingerprint density at radius 2 is 0.660 bits per heavy atom. The first-order valence-corrected chi connectivity index (χ1v) is 23.5. The highest BCUT2D eigenvalue weighted by Crippen LogP contribution is 2.43. The molecule has 0 heterocycles. The van der Waals surface area contributed by atoms with Crippen LogP contribution in [-0.4, -0.2) is 65.7 Å². The van der Waals surface area contributed by atoms with Gasteiger partial charge in [-0.25, -0.2) is 4.57 Å². The highest BCUT2D eigenvalue weighted by atomic mass is 31.2. The number of phosphoric acid groups is 1. The number of rotatable bonds is 42. The Hall–Kier alpha value is -1.03. The zero-order valence-corrected chi connectivity index (χ0v) is 35.2. The number of hydrogen-bond acceptors (Lipinski definition) is 9. The molecule has 3 unspecified atom stereocenters. The predicted octanol–water partition coefficient (Wildman–Crippen LogP) is 11.5. The predicted molar refractivity (Wildman–Crippen MR) is 215 cm³/mol. The Morgan fingerprint density at radius 1 is 0.434 bits per heavy atom. The van der Waals surface area contributed by atoms with Gasteiger partial charge in [0.15, 0.2) is 0 Å². The molecule has 0 amide bonds. The largest absolute Gasteiger partial charge is 0.472 e. The minimum Gasteiger partial charge on any atom is -0.457 e. The minimum atomic E-state index is -4.62. The topological polar surface area (TPSA) is 149 Å². The first-order chi connectivity index (χ1) is 25.8. The van der Waals surface area contributed by atoms with Gasteiger partial charge in [0.2, 0.25) is 0 Å². The van der Waals surface area contributed by atoms with Crippen molar-refractivity contribution in [2.24, 2.45) is 0 Å². The van der Waals surface area contributed by atoms with E-state index in [1.54, 1.807) is 0 Å². The van der Waals surface area contributed by atoms with Crippen LogP contribution in [0.3, 0.4) is 0 Å². The fourth-order valence-corrected chi connectivity index (χ4v) is 7.19. The lowest BCUT2D eigenvalue weighted by Crippen LogP contribution is -2.28. The average molecular weight is 779 g/mol. The van der Waals surface area contributed by atoms with Crippen LogP contribution < -0.4 is 0 Å². The quantitative estimate of drug-likeness (QED) is 0.0310. The molecule has 0 fully saturated rings. The number of carbonyl (C=O) groups excluding carboxylic acids is 2. The van der Waals surface area contributed by atoms with E-state index in [4.69, 9.17) is 18.5 Å². The van der Waals surface area contributed by atoms with Crippen LogP contribution in [0.25, 0.3) is 0 Å². The fraction of sp³-hybridized carbons (Fsp3) is 0.952. The van der Waals surface area contributed by atoms with E-state index in [0.29, 0.717) is 12.8 Å². The maximum Gasteiger partial charge on any atom is 0.472 e. The fourth-order valence-electron chi connectivity index (χ4n) is 6.41.